The molecule has 1 aromatic carbocycles. The summed E-state index contributed by atoms with van der Waals surface area (Å²) in [7, 11) is 2.01. The van der Waals surface area contributed by atoms with E-state index >= 15 is 0 Å². The number of rotatable bonds is 2. The SMILES string of the molecule is CN1CCN(C(=O)/C(C#N)=C/c2ccc(Cl)cc2Cl)CC1. The second-order valence-corrected chi connectivity index (χ2v) is 5.77. The van der Waals surface area contributed by atoms with Gasteiger partial charge in [0.05, 0.1) is 0 Å². The monoisotopic (exact) mass is 323 g/mol. The first-order chi connectivity index (χ1) is 10.0. The van der Waals surface area contributed by atoms with Crippen LogP contribution in [0.4, 0.5) is 0 Å². The molecule has 1 heterocycles. The lowest BCUT2D eigenvalue weighted by Crippen LogP contribution is -2.47. The van der Waals surface area contributed by atoms with Crippen molar-refractivity contribution in [1.29, 1.82) is 5.26 Å². The van der Waals surface area contributed by atoms with Crippen LogP contribution in [0.3, 0.4) is 0 Å². The number of carbonyl (C=O) groups is 1. The molecule has 6 heteroatoms. The van der Waals surface area contributed by atoms with Crippen molar-refractivity contribution >= 4 is 35.2 Å². The van der Waals surface area contributed by atoms with Crippen molar-refractivity contribution in [2.24, 2.45) is 0 Å². The van der Waals surface area contributed by atoms with E-state index in [0.717, 1.165) is 13.1 Å². The highest BCUT2D eigenvalue weighted by molar-refractivity contribution is 6.35. The van der Waals surface area contributed by atoms with Gasteiger partial charge in [0.25, 0.3) is 5.91 Å². The highest BCUT2D eigenvalue weighted by Crippen LogP contribution is 2.23. The number of halogens is 2. The Kier molecular flexibility index (Phi) is 5.24. The van der Waals surface area contributed by atoms with Crippen molar-refractivity contribution in [3.63, 3.8) is 0 Å². The molecule has 4 nitrogen and oxygen atoms in total. The number of carbonyl (C=O) groups excluding carboxylic acids is 1. The van der Waals surface area contributed by atoms with Crippen molar-refractivity contribution in [2.45, 2.75) is 0 Å². The predicted molar refractivity (Wildman–Crippen MR) is 84.1 cm³/mol. The molecule has 21 heavy (non-hydrogen) atoms. The summed E-state index contributed by atoms with van der Waals surface area (Å²) in [6.07, 6.45) is 1.51. The van der Waals surface area contributed by atoms with Crippen molar-refractivity contribution in [3.05, 3.63) is 39.4 Å². The predicted octanol–water partition coefficient (Wildman–Crippen LogP) is 2.67. The van der Waals surface area contributed by atoms with Crippen LogP contribution in [0.25, 0.3) is 6.08 Å². The average molecular weight is 324 g/mol. The zero-order valence-electron chi connectivity index (χ0n) is 11.6. The fraction of sp³-hybridized carbons (Fsp3) is 0.333. The van der Waals surface area contributed by atoms with E-state index in [-0.39, 0.29) is 11.5 Å². The Labute approximate surface area is 134 Å². The standard InChI is InChI=1S/C15H15Cl2N3O/c1-19-4-6-20(7-5-19)15(21)12(10-18)8-11-2-3-13(16)9-14(11)17/h2-3,8-9H,4-7H2,1H3/b12-8+. The molecule has 0 aliphatic carbocycles. The van der Waals surface area contributed by atoms with Gasteiger partial charge in [-0.1, -0.05) is 29.3 Å². The van der Waals surface area contributed by atoms with E-state index in [2.05, 4.69) is 4.90 Å². The molecule has 1 aliphatic heterocycles. The zero-order chi connectivity index (χ0) is 15.4. The molecule has 0 unspecified atom stereocenters. The molecule has 1 aliphatic rings. The van der Waals surface area contributed by atoms with E-state index in [1.807, 2.05) is 13.1 Å². The Morgan fingerprint density at radius 1 is 1.29 bits per heavy atom. The Morgan fingerprint density at radius 3 is 2.52 bits per heavy atom. The van der Waals surface area contributed by atoms with E-state index in [1.165, 1.54) is 6.08 Å². The summed E-state index contributed by atoms with van der Waals surface area (Å²) in [5.41, 5.74) is 0.698. The summed E-state index contributed by atoms with van der Waals surface area (Å²) in [6, 6.07) is 6.92. The second kappa shape index (κ2) is 6.95. The molecule has 0 aromatic heterocycles. The molecule has 0 spiro atoms. The van der Waals surface area contributed by atoms with Crippen molar-refractivity contribution in [1.82, 2.24) is 9.80 Å². The molecular formula is C15H15Cl2N3O. The van der Waals surface area contributed by atoms with Gasteiger partial charge in [0.15, 0.2) is 0 Å². The van der Waals surface area contributed by atoms with Crippen LogP contribution in [-0.2, 0) is 4.79 Å². The van der Waals surface area contributed by atoms with Gasteiger partial charge in [-0.15, -0.1) is 0 Å². The van der Waals surface area contributed by atoms with Crippen LogP contribution in [0.5, 0.6) is 0 Å². The van der Waals surface area contributed by atoms with E-state index in [9.17, 15) is 10.1 Å². The lowest BCUT2D eigenvalue weighted by atomic mass is 10.1. The first-order valence-corrected chi connectivity index (χ1v) is 7.31. The number of likely N-dealkylation sites (N-methyl/N-ethyl adjacent to an activating group) is 1. The van der Waals surface area contributed by atoms with Gasteiger partial charge in [-0.2, -0.15) is 5.26 Å². The van der Waals surface area contributed by atoms with E-state index in [1.54, 1.807) is 23.1 Å². The maximum atomic E-state index is 12.4. The molecule has 2 rings (SSSR count). The Hall–Kier alpha value is -1.54. The lowest BCUT2D eigenvalue weighted by molar-refractivity contribution is -0.128. The Bertz CT molecular complexity index is 614. The molecule has 0 radical (unpaired) electrons. The van der Waals surface area contributed by atoms with Crippen LogP contribution in [0.15, 0.2) is 23.8 Å². The molecular weight excluding hydrogens is 309 g/mol. The fourth-order valence-corrected chi connectivity index (χ4v) is 2.56. The zero-order valence-corrected chi connectivity index (χ0v) is 13.2. The third-order valence-corrected chi connectivity index (χ3v) is 3.97. The Morgan fingerprint density at radius 2 is 1.95 bits per heavy atom. The quantitative estimate of drug-likeness (QED) is 0.621. The molecule has 1 fully saturated rings. The first kappa shape index (κ1) is 15.8. The third-order valence-electron chi connectivity index (χ3n) is 3.40. The average Bonchev–Trinajstić information content (AvgIpc) is 2.47. The molecule has 0 bridgehead atoms. The highest BCUT2D eigenvalue weighted by Gasteiger charge is 2.22. The van der Waals surface area contributed by atoms with Crippen molar-refractivity contribution in [2.75, 3.05) is 33.2 Å². The minimum absolute atomic E-state index is 0.0868. The van der Waals surface area contributed by atoms with Gasteiger partial charge in [-0.3, -0.25) is 4.79 Å². The van der Waals surface area contributed by atoms with Gasteiger partial charge in [-0.05, 0) is 30.8 Å². The number of benzene rings is 1. The van der Waals surface area contributed by atoms with E-state index in [4.69, 9.17) is 23.2 Å². The summed E-state index contributed by atoms with van der Waals surface area (Å²) < 4.78 is 0. The second-order valence-electron chi connectivity index (χ2n) is 4.93. The molecule has 1 amide bonds. The largest absolute Gasteiger partial charge is 0.335 e. The van der Waals surface area contributed by atoms with Gasteiger partial charge in [0.2, 0.25) is 0 Å². The van der Waals surface area contributed by atoms with Crippen LogP contribution in [0, 0.1) is 11.3 Å². The van der Waals surface area contributed by atoms with E-state index in [0.29, 0.717) is 28.7 Å². The van der Waals surface area contributed by atoms with Gasteiger partial charge < -0.3 is 9.80 Å². The number of nitrogens with zero attached hydrogens (tertiary/aromatic N) is 3. The maximum Gasteiger partial charge on any atom is 0.264 e. The number of hydrogen-bond acceptors (Lipinski definition) is 3. The fourth-order valence-electron chi connectivity index (χ4n) is 2.10. The summed E-state index contributed by atoms with van der Waals surface area (Å²) in [5, 5.41) is 10.2. The summed E-state index contributed by atoms with van der Waals surface area (Å²) in [5.74, 6) is -0.253. The lowest BCUT2D eigenvalue weighted by Gasteiger charge is -2.32. The van der Waals surface area contributed by atoms with Gasteiger partial charge in [0.1, 0.15) is 11.6 Å². The summed E-state index contributed by atoms with van der Waals surface area (Å²) in [4.78, 5) is 16.2. The summed E-state index contributed by atoms with van der Waals surface area (Å²) in [6.45, 7) is 2.88. The van der Waals surface area contributed by atoms with Crippen molar-refractivity contribution < 1.29 is 4.79 Å². The molecule has 0 saturated carbocycles. The molecule has 0 atom stereocenters. The number of piperazine rings is 1. The number of nitriles is 1. The molecule has 110 valence electrons. The first-order valence-electron chi connectivity index (χ1n) is 6.56. The van der Waals surface area contributed by atoms with E-state index < -0.39 is 0 Å². The van der Waals surface area contributed by atoms with Crippen LogP contribution >= 0.6 is 23.2 Å². The highest BCUT2D eigenvalue weighted by atomic mass is 35.5. The number of amides is 1. The maximum absolute atomic E-state index is 12.4. The summed E-state index contributed by atoms with van der Waals surface area (Å²) >= 11 is 11.9. The van der Waals surface area contributed by atoms with Crippen LogP contribution in [0.1, 0.15) is 5.56 Å². The molecule has 0 N–H and O–H groups in total. The van der Waals surface area contributed by atoms with Gasteiger partial charge in [0, 0.05) is 36.2 Å². The third kappa shape index (κ3) is 3.98. The van der Waals surface area contributed by atoms with Crippen LogP contribution in [-0.4, -0.2) is 48.9 Å². The van der Waals surface area contributed by atoms with Crippen LogP contribution < -0.4 is 0 Å². The van der Waals surface area contributed by atoms with Gasteiger partial charge >= 0.3 is 0 Å². The van der Waals surface area contributed by atoms with Crippen LogP contribution in [0.2, 0.25) is 10.0 Å². The topological polar surface area (TPSA) is 47.3 Å². The number of hydrogen-bond donors (Lipinski definition) is 0. The molecule has 1 aromatic rings. The minimum atomic E-state index is -0.253. The van der Waals surface area contributed by atoms with Gasteiger partial charge in [-0.25, -0.2) is 0 Å². The minimum Gasteiger partial charge on any atom is -0.335 e. The normalized spacial score (nSPS) is 16.7. The molecule has 1 saturated heterocycles. The van der Waals surface area contributed by atoms with Crippen molar-refractivity contribution in [3.8, 4) is 6.07 Å². The smallest absolute Gasteiger partial charge is 0.264 e. The Balaban J connectivity index is 2.21.